The van der Waals surface area contributed by atoms with Crippen molar-refractivity contribution in [3.8, 4) is 0 Å². The summed E-state index contributed by atoms with van der Waals surface area (Å²) in [5.74, 6) is 2.85. The third kappa shape index (κ3) is 5.42. The Morgan fingerprint density at radius 1 is 1.39 bits per heavy atom. The highest BCUT2D eigenvalue weighted by Gasteiger charge is 2.28. The van der Waals surface area contributed by atoms with E-state index in [0.717, 1.165) is 52.4 Å². The highest BCUT2D eigenvalue weighted by atomic mass is 32.2. The van der Waals surface area contributed by atoms with Gasteiger partial charge >= 0.3 is 0 Å². The molecule has 0 unspecified atom stereocenters. The van der Waals surface area contributed by atoms with Crippen molar-refractivity contribution in [2.45, 2.75) is 45.1 Å². The Bertz CT molecular complexity index is 803. The molecule has 0 radical (unpaired) electrons. The number of thioether (sulfide) groups is 1. The molecule has 1 atom stereocenters. The fourth-order valence-corrected chi connectivity index (χ4v) is 4.48. The molecule has 0 aromatic carbocycles. The first-order valence-corrected chi connectivity index (χ1v) is 11.8. The summed E-state index contributed by atoms with van der Waals surface area (Å²) >= 11 is 3.32. The first kappa shape index (κ1) is 21.0. The quantitative estimate of drug-likeness (QED) is 0.710. The minimum atomic E-state index is -0.392. The number of piperidine rings is 1. The molecule has 1 amide bonds. The van der Waals surface area contributed by atoms with Crippen LogP contribution in [0.4, 0.5) is 10.9 Å². The zero-order chi connectivity index (χ0) is 20.1. The average Bonchev–Trinajstić information content (AvgIpc) is 3.09. The lowest BCUT2D eigenvalue weighted by molar-refractivity contribution is -0.133. The number of nitrogens with two attached hydrogens (primary N) is 1. The average molecular weight is 421 g/mol. The summed E-state index contributed by atoms with van der Waals surface area (Å²) in [7, 11) is 0. The Morgan fingerprint density at radius 2 is 2.14 bits per heavy atom. The molecular formula is C19H28N6OS2. The molecule has 9 heteroatoms. The number of rotatable bonds is 7. The Balaban J connectivity index is 1.61. The monoisotopic (exact) mass is 420 g/mol. The van der Waals surface area contributed by atoms with Gasteiger partial charge in [-0.3, -0.25) is 4.79 Å². The predicted molar refractivity (Wildman–Crippen MR) is 116 cm³/mol. The fourth-order valence-electron chi connectivity index (χ4n) is 3.32. The number of likely N-dealkylation sites (tertiary alicyclic amines) is 1. The molecule has 1 saturated heterocycles. The lowest BCUT2D eigenvalue weighted by Crippen LogP contribution is -2.47. The van der Waals surface area contributed by atoms with Gasteiger partial charge in [0.25, 0.3) is 0 Å². The zero-order valence-corrected chi connectivity index (χ0v) is 18.3. The second kappa shape index (κ2) is 9.67. The van der Waals surface area contributed by atoms with E-state index in [0.29, 0.717) is 13.1 Å². The summed E-state index contributed by atoms with van der Waals surface area (Å²) in [5, 5.41) is 4.11. The smallest absolute Gasteiger partial charge is 0.239 e. The minimum Gasteiger partial charge on any atom is -0.341 e. The van der Waals surface area contributed by atoms with Gasteiger partial charge in [-0.25, -0.2) is 15.0 Å². The van der Waals surface area contributed by atoms with E-state index in [9.17, 15) is 4.79 Å². The van der Waals surface area contributed by atoms with Gasteiger partial charge in [-0.05, 0) is 45.1 Å². The number of thiazole rings is 1. The van der Waals surface area contributed by atoms with E-state index in [-0.39, 0.29) is 11.8 Å². The zero-order valence-electron chi connectivity index (χ0n) is 16.6. The number of nitrogens with one attached hydrogen (secondary N) is 1. The van der Waals surface area contributed by atoms with Crippen LogP contribution >= 0.6 is 23.1 Å². The first-order chi connectivity index (χ1) is 13.5. The molecular weight excluding hydrogens is 392 g/mol. The largest absolute Gasteiger partial charge is 0.341 e. The summed E-state index contributed by atoms with van der Waals surface area (Å²) in [4.78, 5) is 29.3. The second-order valence-electron chi connectivity index (χ2n) is 7.14. The molecule has 1 aliphatic heterocycles. The molecule has 2 aromatic heterocycles. The third-order valence-electron chi connectivity index (χ3n) is 4.85. The van der Waals surface area contributed by atoms with Gasteiger partial charge < -0.3 is 16.0 Å². The molecule has 3 heterocycles. The molecule has 0 bridgehead atoms. The van der Waals surface area contributed by atoms with Crippen LogP contribution in [0.2, 0.25) is 0 Å². The van der Waals surface area contributed by atoms with Gasteiger partial charge in [-0.1, -0.05) is 0 Å². The number of carbonyl (C=O) groups is 1. The number of carbonyl (C=O) groups excluding carboxylic acids is 1. The van der Waals surface area contributed by atoms with Gasteiger partial charge in [0.15, 0.2) is 5.13 Å². The standard InChI is InChI=1S/C19H28N6OS2/c1-12-10-16(24-19-21-11-13(2)28-19)23-17(22-12)14-4-7-25(8-5-14)18(26)15(20)6-9-27-3/h10-11,14-15H,4-9,20H2,1-3H3,(H,21,22,23,24)/t15-/m0/s1. The van der Waals surface area contributed by atoms with Gasteiger partial charge in [-0.2, -0.15) is 11.8 Å². The van der Waals surface area contributed by atoms with E-state index in [1.807, 2.05) is 37.3 Å². The number of hydrogen-bond acceptors (Lipinski definition) is 8. The van der Waals surface area contributed by atoms with Crippen LogP contribution in [0.1, 0.15) is 41.6 Å². The topological polar surface area (TPSA) is 97.0 Å². The van der Waals surface area contributed by atoms with Crippen LogP contribution in [-0.2, 0) is 4.79 Å². The van der Waals surface area contributed by atoms with Gasteiger partial charge in [0.1, 0.15) is 11.6 Å². The third-order valence-corrected chi connectivity index (χ3v) is 6.32. The molecule has 0 saturated carbocycles. The Labute approximate surface area is 174 Å². The first-order valence-electron chi connectivity index (χ1n) is 9.54. The summed E-state index contributed by atoms with van der Waals surface area (Å²) in [6.45, 7) is 5.43. The summed E-state index contributed by atoms with van der Waals surface area (Å²) < 4.78 is 0. The molecule has 0 aliphatic carbocycles. The van der Waals surface area contributed by atoms with Crippen molar-refractivity contribution < 1.29 is 4.79 Å². The van der Waals surface area contributed by atoms with E-state index in [4.69, 9.17) is 10.7 Å². The Morgan fingerprint density at radius 3 is 2.79 bits per heavy atom. The van der Waals surface area contributed by atoms with Gasteiger partial charge in [0.05, 0.1) is 6.04 Å². The van der Waals surface area contributed by atoms with Crippen molar-refractivity contribution in [3.63, 3.8) is 0 Å². The van der Waals surface area contributed by atoms with Crippen LogP contribution in [0.15, 0.2) is 12.3 Å². The van der Waals surface area contributed by atoms with E-state index in [1.165, 1.54) is 0 Å². The minimum absolute atomic E-state index is 0.0687. The lowest BCUT2D eigenvalue weighted by atomic mass is 9.95. The van der Waals surface area contributed by atoms with Crippen LogP contribution in [0.25, 0.3) is 0 Å². The van der Waals surface area contributed by atoms with E-state index in [2.05, 4.69) is 15.3 Å². The summed E-state index contributed by atoms with van der Waals surface area (Å²) in [6, 6.07) is 1.54. The van der Waals surface area contributed by atoms with Crippen molar-refractivity contribution in [2.75, 3.05) is 30.4 Å². The van der Waals surface area contributed by atoms with Gasteiger partial charge in [0, 0.05) is 41.8 Å². The number of aryl methyl sites for hydroxylation is 2. The molecule has 3 rings (SSSR count). The molecule has 1 fully saturated rings. The molecule has 152 valence electrons. The maximum atomic E-state index is 12.5. The SMILES string of the molecule is CSCC[C@H](N)C(=O)N1CCC(c2nc(C)cc(Nc3ncc(C)s3)n2)CC1. The van der Waals surface area contributed by atoms with E-state index in [1.54, 1.807) is 23.1 Å². The van der Waals surface area contributed by atoms with Crippen molar-refractivity contribution in [1.29, 1.82) is 0 Å². The number of nitrogens with zero attached hydrogens (tertiary/aromatic N) is 4. The maximum Gasteiger partial charge on any atom is 0.239 e. The summed E-state index contributed by atoms with van der Waals surface area (Å²) in [6.07, 6.45) is 6.33. The van der Waals surface area contributed by atoms with Crippen molar-refractivity contribution in [1.82, 2.24) is 19.9 Å². The maximum absolute atomic E-state index is 12.5. The van der Waals surface area contributed by atoms with Crippen LogP contribution in [0, 0.1) is 13.8 Å². The second-order valence-corrected chi connectivity index (χ2v) is 9.36. The van der Waals surface area contributed by atoms with Crippen LogP contribution in [-0.4, -0.2) is 56.9 Å². The van der Waals surface area contributed by atoms with Crippen LogP contribution < -0.4 is 11.1 Å². The predicted octanol–water partition coefficient (Wildman–Crippen LogP) is 3.08. The number of anilines is 2. The van der Waals surface area contributed by atoms with Crippen molar-refractivity contribution in [3.05, 3.63) is 28.7 Å². The highest BCUT2D eigenvalue weighted by Crippen LogP contribution is 2.28. The van der Waals surface area contributed by atoms with Crippen molar-refractivity contribution >= 4 is 40.0 Å². The molecule has 2 aromatic rings. The lowest BCUT2D eigenvalue weighted by Gasteiger charge is -2.33. The van der Waals surface area contributed by atoms with Crippen LogP contribution in [0.5, 0.6) is 0 Å². The number of aromatic nitrogens is 3. The Hall–Kier alpha value is -1.71. The van der Waals surface area contributed by atoms with Gasteiger partial charge in [-0.15, -0.1) is 11.3 Å². The molecule has 28 heavy (non-hydrogen) atoms. The Kier molecular flexibility index (Phi) is 7.25. The molecule has 1 aliphatic rings. The normalized spacial score (nSPS) is 16.2. The fraction of sp³-hybridized carbons (Fsp3) is 0.579. The van der Waals surface area contributed by atoms with Gasteiger partial charge in [0.2, 0.25) is 5.91 Å². The number of hydrogen-bond donors (Lipinski definition) is 2. The van der Waals surface area contributed by atoms with E-state index < -0.39 is 6.04 Å². The molecule has 0 spiro atoms. The molecule has 3 N–H and O–H groups in total. The highest BCUT2D eigenvalue weighted by molar-refractivity contribution is 7.98. The van der Waals surface area contributed by atoms with E-state index >= 15 is 0 Å². The summed E-state index contributed by atoms with van der Waals surface area (Å²) in [5.41, 5.74) is 6.98. The number of amides is 1. The molecule has 7 nitrogen and oxygen atoms in total. The van der Waals surface area contributed by atoms with Crippen molar-refractivity contribution in [2.24, 2.45) is 5.73 Å². The van der Waals surface area contributed by atoms with Crippen LogP contribution in [0.3, 0.4) is 0 Å².